The van der Waals surface area contributed by atoms with Crippen LogP contribution < -0.4 is 10.6 Å². The Morgan fingerprint density at radius 3 is 2.25 bits per heavy atom. The Labute approximate surface area is 222 Å². The highest BCUT2D eigenvalue weighted by molar-refractivity contribution is 6.04. The lowest BCUT2D eigenvalue weighted by Gasteiger charge is -2.13. The number of rotatable bonds is 8. The molecule has 0 spiro atoms. The molecular weight excluding hydrogens is 546 g/mol. The summed E-state index contributed by atoms with van der Waals surface area (Å²) in [6.45, 7) is -1.88. The van der Waals surface area contributed by atoms with Crippen molar-refractivity contribution < 1.29 is 41.0 Å². The van der Waals surface area contributed by atoms with E-state index in [9.17, 15) is 31.1 Å². The second-order valence-electron chi connectivity index (χ2n) is 7.88. The molecule has 2 heterocycles. The quantitative estimate of drug-likeness (QED) is 0.238. The largest absolute Gasteiger partial charge is 0.490 e. The molecule has 0 saturated heterocycles. The van der Waals surface area contributed by atoms with Crippen LogP contribution in [0.4, 0.5) is 43.5 Å². The number of amides is 1. The molecule has 4 aromatic rings. The molecule has 4 rings (SSSR count). The van der Waals surface area contributed by atoms with Gasteiger partial charge in [0.05, 0.1) is 11.6 Å². The maximum Gasteiger partial charge on any atom is 0.490 e. The molecule has 2 aromatic carbocycles. The highest BCUT2D eigenvalue weighted by Gasteiger charge is 2.38. The Bertz CT molecular complexity index is 1440. The summed E-state index contributed by atoms with van der Waals surface area (Å²) in [4.78, 5) is 25.9. The summed E-state index contributed by atoms with van der Waals surface area (Å²) in [5.41, 5.74) is 1.39. The monoisotopic (exact) mass is 566 g/mol. The van der Waals surface area contributed by atoms with Gasteiger partial charge in [0.1, 0.15) is 37.0 Å². The van der Waals surface area contributed by atoms with E-state index in [1.54, 1.807) is 12.1 Å². The van der Waals surface area contributed by atoms with Crippen molar-refractivity contribution in [1.82, 2.24) is 19.7 Å². The number of carboxylic acid groups (broad SMARTS) is 1. The first-order valence-corrected chi connectivity index (χ1v) is 11.3. The Morgan fingerprint density at radius 1 is 0.950 bits per heavy atom. The van der Waals surface area contributed by atoms with Crippen molar-refractivity contribution in [3.63, 3.8) is 0 Å². The zero-order chi connectivity index (χ0) is 29.3. The van der Waals surface area contributed by atoms with E-state index >= 15 is 0 Å². The van der Waals surface area contributed by atoms with E-state index < -0.39 is 43.3 Å². The molecule has 40 heavy (non-hydrogen) atoms. The SMILES string of the molecule is O=C(Nc1cccc(-c2nncn2C(CF)CF)n1)c1cc(Nc2ccccc2)ccc1F.O=C(O)C(F)(F)F. The standard InChI is InChI=1S/C23H19F3N6O.C2HF3O2/c24-12-17(13-25)32-14-27-31-22(32)20-7-4-8-21(29-20)30-23(33)18-11-16(9-10-19(18)26)28-15-5-2-1-3-6-15;3-2(4,5)1(6)7/h1-11,14,17,28H,12-13H2,(H,29,30,33);(H,6,7). The van der Waals surface area contributed by atoms with Gasteiger partial charge in [-0.2, -0.15) is 13.2 Å². The zero-order valence-electron chi connectivity index (χ0n) is 20.2. The van der Waals surface area contributed by atoms with E-state index in [1.807, 2.05) is 30.3 Å². The van der Waals surface area contributed by atoms with Crippen LogP contribution >= 0.6 is 0 Å². The van der Waals surface area contributed by atoms with E-state index in [2.05, 4.69) is 25.8 Å². The number of hydrogen-bond acceptors (Lipinski definition) is 6. The Morgan fingerprint density at radius 2 is 1.62 bits per heavy atom. The predicted molar refractivity (Wildman–Crippen MR) is 132 cm³/mol. The van der Waals surface area contributed by atoms with Crippen molar-refractivity contribution in [3.05, 3.63) is 84.4 Å². The molecule has 3 N–H and O–H groups in total. The maximum absolute atomic E-state index is 14.4. The highest BCUT2D eigenvalue weighted by atomic mass is 19.4. The number of benzene rings is 2. The summed E-state index contributed by atoms with van der Waals surface area (Å²) >= 11 is 0. The van der Waals surface area contributed by atoms with Gasteiger partial charge in [-0.15, -0.1) is 10.2 Å². The van der Waals surface area contributed by atoms with Crippen LogP contribution in [-0.2, 0) is 4.79 Å². The third-order valence-corrected chi connectivity index (χ3v) is 5.06. The second kappa shape index (κ2) is 13.2. The van der Waals surface area contributed by atoms with Crippen LogP contribution in [0.3, 0.4) is 0 Å². The number of carbonyl (C=O) groups is 2. The van der Waals surface area contributed by atoms with Crippen LogP contribution in [0.2, 0.25) is 0 Å². The summed E-state index contributed by atoms with van der Waals surface area (Å²) in [7, 11) is 0. The van der Waals surface area contributed by atoms with Gasteiger partial charge >= 0.3 is 12.1 Å². The fraction of sp³-hybridized carbons (Fsp3) is 0.160. The Balaban J connectivity index is 0.000000559. The molecule has 0 unspecified atom stereocenters. The van der Waals surface area contributed by atoms with Crippen LogP contribution in [0.1, 0.15) is 16.4 Å². The zero-order valence-corrected chi connectivity index (χ0v) is 20.2. The number of para-hydroxylation sites is 1. The summed E-state index contributed by atoms with van der Waals surface area (Å²) in [6, 6.07) is 16.9. The number of carboxylic acids is 1. The molecule has 0 saturated carbocycles. The van der Waals surface area contributed by atoms with Gasteiger partial charge < -0.3 is 20.3 Å². The van der Waals surface area contributed by atoms with Crippen LogP contribution in [0, 0.1) is 5.82 Å². The maximum atomic E-state index is 14.4. The molecule has 0 bridgehead atoms. The summed E-state index contributed by atoms with van der Waals surface area (Å²) in [5, 5.41) is 20.4. The fourth-order valence-corrected chi connectivity index (χ4v) is 3.16. The summed E-state index contributed by atoms with van der Waals surface area (Å²) < 4.78 is 73.6. The average molecular weight is 566 g/mol. The lowest BCUT2D eigenvalue weighted by atomic mass is 10.1. The molecule has 0 aliphatic rings. The van der Waals surface area contributed by atoms with Crippen molar-refractivity contribution in [2.75, 3.05) is 24.0 Å². The highest BCUT2D eigenvalue weighted by Crippen LogP contribution is 2.23. The van der Waals surface area contributed by atoms with E-state index in [0.717, 1.165) is 5.69 Å². The van der Waals surface area contributed by atoms with E-state index in [0.29, 0.717) is 5.69 Å². The minimum atomic E-state index is -5.08. The van der Waals surface area contributed by atoms with Gasteiger partial charge in [0.25, 0.3) is 5.91 Å². The molecular formula is C25H20F6N6O3. The lowest BCUT2D eigenvalue weighted by molar-refractivity contribution is -0.192. The van der Waals surface area contributed by atoms with Crippen molar-refractivity contribution in [1.29, 1.82) is 0 Å². The first-order valence-electron chi connectivity index (χ1n) is 11.3. The third kappa shape index (κ3) is 7.78. The molecule has 0 aliphatic heterocycles. The number of pyridine rings is 1. The first-order chi connectivity index (χ1) is 19.0. The van der Waals surface area contributed by atoms with E-state index in [4.69, 9.17) is 9.90 Å². The lowest BCUT2D eigenvalue weighted by Crippen LogP contribution is -2.21. The minimum Gasteiger partial charge on any atom is -0.475 e. The topological polar surface area (TPSA) is 122 Å². The van der Waals surface area contributed by atoms with Crippen LogP contribution in [0.5, 0.6) is 0 Å². The molecule has 2 aromatic heterocycles. The Hall–Kier alpha value is -4.95. The molecule has 9 nitrogen and oxygen atoms in total. The molecule has 0 fully saturated rings. The Kier molecular flexibility index (Phi) is 9.78. The number of alkyl halides is 5. The predicted octanol–water partition coefficient (Wildman–Crippen LogP) is 5.59. The van der Waals surface area contributed by atoms with Gasteiger partial charge in [-0.05, 0) is 42.5 Å². The first kappa shape index (κ1) is 29.6. The molecule has 0 atom stereocenters. The van der Waals surface area contributed by atoms with Gasteiger partial charge in [-0.3, -0.25) is 4.79 Å². The molecule has 210 valence electrons. The van der Waals surface area contributed by atoms with Crippen molar-refractivity contribution in [2.45, 2.75) is 12.2 Å². The normalized spacial score (nSPS) is 11.0. The van der Waals surface area contributed by atoms with E-state index in [1.165, 1.54) is 35.2 Å². The second-order valence-corrected chi connectivity index (χ2v) is 7.88. The van der Waals surface area contributed by atoms with Crippen LogP contribution in [0.15, 0.2) is 73.1 Å². The fourth-order valence-electron chi connectivity index (χ4n) is 3.16. The minimum absolute atomic E-state index is 0.116. The van der Waals surface area contributed by atoms with Gasteiger partial charge in [0.15, 0.2) is 5.82 Å². The number of aliphatic carboxylic acids is 1. The van der Waals surface area contributed by atoms with Gasteiger partial charge in [0.2, 0.25) is 0 Å². The number of nitrogens with zero attached hydrogens (tertiary/aromatic N) is 4. The molecule has 0 aliphatic carbocycles. The number of hydrogen-bond donors (Lipinski definition) is 3. The van der Waals surface area contributed by atoms with Crippen molar-refractivity contribution >= 4 is 29.1 Å². The van der Waals surface area contributed by atoms with Gasteiger partial charge in [-0.1, -0.05) is 24.3 Å². The number of carbonyl (C=O) groups excluding carboxylic acids is 1. The van der Waals surface area contributed by atoms with Crippen LogP contribution in [-0.4, -0.2) is 56.3 Å². The molecule has 1 amide bonds. The summed E-state index contributed by atoms with van der Waals surface area (Å²) in [5.74, 6) is -3.90. The average Bonchev–Trinajstić information content (AvgIpc) is 3.41. The van der Waals surface area contributed by atoms with Crippen molar-refractivity contribution in [2.24, 2.45) is 0 Å². The van der Waals surface area contributed by atoms with Gasteiger partial charge in [-0.25, -0.2) is 22.9 Å². The summed E-state index contributed by atoms with van der Waals surface area (Å²) in [6.07, 6.45) is -3.87. The molecule has 0 radical (unpaired) electrons. The van der Waals surface area contributed by atoms with E-state index in [-0.39, 0.29) is 22.9 Å². The molecule has 15 heteroatoms. The van der Waals surface area contributed by atoms with Crippen LogP contribution in [0.25, 0.3) is 11.5 Å². The smallest absolute Gasteiger partial charge is 0.475 e. The number of nitrogens with one attached hydrogen (secondary N) is 2. The van der Waals surface area contributed by atoms with Crippen molar-refractivity contribution in [3.8, 4) is 11.5 Å². The van der Waals surface area contributed by atoms with Gasteiger partial charge in [0, 0.05) is 11.4 Å². The number of halogens is 6. The third-order valence-electron chi connectivity index (χ3n) is 5.06. The number of anilines is 3. The number of aromatic nitrogens is 4.